The summed E-state index contributed by atoms with van der Waals surface area (Å²) in [5.41, 5.74) is 0.998. The van der Waals surface area contributed by atoms with E-state index in [4.69, 9.17) is 21.1 Å². The van der Waals surface area contributed by atoms with Crippen molar-refractivity contribution >= 4 is 55.1 Å². The molecule has 0 aromatic heterocycles. The van der Waals surface area contributed by atoms with Crippen LogP contribution in [-0.4, -0.2) is 58.0 Å². The quantitative estimate of drug-likeness (QED) is 0.250. The van der Waals surface area contributed by atoms with E-state index in [1.807, 2.05) is 38.1 Å². The summed E-state index contributed by atoms with van der Waals surface area (Å²) in [6.45, 7) is 4.97. The highest BCUT2D eigenvalue weighted by atomic mass is 79.9. The van der Waals surface area contributed by atoms with Crippen LogP contribution < -0.4 is 19.1 Å². The number of carbonyl (C=O) groups is 2. The predicted octanol–water partition coefficient (Wildman–Crippen LogP) is 5.65. The maximum Gasteiger partial charge on any atom is 0.264 e. The first-order chi connectivity index (χ1) is 19.9. The second kappa shape index (κ2) is 14.8. The number of hydrogen-bond donors (Lipinski definition) is 1. The third kappa shape index (κ3) is 8.17. The molecule has 226 valence electrons. The summed E-state index contributed by atoms with van der Waals surface area (Å²) in [5.74, 6) is -0.333. The average Bonchev–Trinajstić information content (AvgIpc) is 2.98. The lowest BCUT2D eigenvalue weighted by Crippen LogP contribution is -2.52. The van der Waals surface area contributed by atoms with Crippen molar-refractivity contribution in [3.63, 3.8) is 0 Å². The molecule has 2 amide bonds. The van der Waals surface area contributed by atoms with Crippen molar-refractivity contribution in [1.29, 1.82) is 0 Å². The van der Waals surface area contributed by atoms with Crippen LogP contribution in [-0.2, 0) is 26.2 Å². The fourth-order valence-corrected chi connectivity index (χ4v) is 5.90. The van der Waals surface area contributed by atoms with Crippen LogP contribution in [0, 0.1) is 0 Å². The van der Waals surface area contributed by atoms with E-state index in [9.17, 15) is 18.0 Å². The first-order valence-corrected chi connectivity index (χ1v) is 15.9. The van der Waals surface area contributed by atoms with Crippen LogP contribution in [0.25, 0.3) is 0 Å². The van der Waals surface area contributed by atoms with E-state index >= 15 is 0 Å². The number of halogens is 2. The minimum atomic E-state index is -4.30. The monoisotopic (exact) mass is 679 g/mol. The molecule has 0 fully saturated rings. The van der Waals surface area contributed by atoms with Crippen molar-refractivity contribution in [3.05, 3.63) is 81.8 Å². The van der Waals surface area contributed by atoms with Gasteiger partial charge in [-0.15, -0.1) is 0 Å². The zero-order valence-corrected chi connectivity index (χ0v) is 27.3. The molecule has 0 saturated carbocycles. The highest BCUT2D eigenvalue weighted by molar-refractivity contribution is 9.10. The van der Waals surface area contributed by atoms with Crippen molar-refractivity contribution in [2.75, 3.05) is 25.1 Å². The molecule has 0 aliphatic carbocycles. The summed E-state index contributed by atoms with van der Waals surface area (Å²) < 4.78 is 40.6. The van der Waals surface area contributed by atoms with E-state index < -0.39 is 28.5 Å². The number of hydrogen-bond acceptors (Lipinski definition) is 6. The number of rotatable bonds is 13. The van der Waals surface area contributed by atoms with Crippen LogP contribution in [0.1, 0.15) is 32.8 Å². The fourth-order valence-electron chi connectivity index (χ4n) is 4.07. The minimum absolute atomic E-state index is 0.0894. The first kappa shape index (κ1) is 33.2. The molecule has 3 rings (SSSR count). The molecule has 12 heteroatoms. The van der Waals surface area contributed by atoms with E-state index in [0.29, 0.717) is 17.2 Å². The second-order valence-electron chi connectivity index (χ2n) is 9.65. The van der Waals surface area contributed by atoms with Gasteiger partial charge >= 0.3 is 0 Å². The number of ether oxygens (including phenoxy) is 2. The van der Waals surface area contributed by atoms with Crippen LogP contribution in [0.2, 0.25) is 5.02 Å². The molecule has 9 nitrogen and oxygen atoms in total. The molecular formula is C30H35BrClN3O6S. The van der Waals surface area contributed by atoms with Crippen LogP contribution in [0.3, 0.4) is 0 Å². The summed E-state index contributed by atoms with van der Waals surface area (Å²) in [5, 5.41) is 3.32. The van der Waals surface area contributed by atoms with Crippen molar-refractivity contribution in [2.45, 2.75) is 50.7 Å². The van der Waals surface area contributed by atoms with Gasteiger partial charge < -0.3 is 19.7 Å². The lowest BCUT2D eigenvalue weighted by atomic mass is 10.1. The van der Waals surface area contributed by atoms with E-state index in [2.05, 4.69) is 21.2 Å². The van der Waals surface area contributed by atoms with Crippen LogP contribution in [0.5, 0.6) is 11.5 Å². The number of benzene rings is 3. The first-order valence-electron chi connectivity index (χ1n) is 13.3. The largest absolute Gasteiger partial charge is 0.493 e. The zero-order valence-electron chi connectivity index (χ0n) is 24.1. The summed E-state index contributed by atoms with van der Waals surface area (Å²) in [6, 6.07) is 16.7. The van der Waals surface area contributed by atoms with Gasteiger partial charge in [0.2, 0.25) is 11.8 Å². The number of carbonyl (C=O) groups excluding carboxylic acids is 2. The number of amides is 2. The summed E-state index contributed by atoms with van der Waals surface area (Å²) in [6.07, 6.45) is 0.715. The van der Waals surface area contributed by atoms with E-state index in [-0.39, 0.29) is 34.8 Å². The van der Waals surface area contributed by atoms with Crippen LogP contribution in [0.15, 0.2) is 76.1 Å². The minimum Gasteiger partial charge on any atom is -0.493 e. The molecule has 2 atom stereocenters. The number of anilines is 1. The van der Waals surface area contributed by atoms with Crippen LogP contribution >= 0.6 is 27.5 Å². The van der Waals surface area contributed by atoms with Gasteiger partial charge in [0.25, 0.3) is 10.0 Å². The summed E-state index contributed by atoms with van der Waals surface area (Å²) in [7, 11) is -1.45. The van der Waals surface area contributed by atoms with Crippen LogP contribution in [0.4, 0.5) is 5.69 Å². The van der Waals surface area contributed by atoms with Crippen molar-refractivity contribution in [1.82, 2.24) is 10.2 Å². The van der Waals surface area contributed by atoms with Crippen molar-refractivity contribution < 1.29 is 27.5 Å². The number of nitrogens with one attached hydrogen (secondary N) is 1. The third-order valence-corrected chi connectivity index (χ3v) is 9.32. The van der Waals surface area contributed by atoms with E-state index in [0.717, 1.165) is 14.3 Å². The predicted molar refractivity (Wildman–Crippen MR) is 168 cm³/mol. The molecular weight excluding hydrogens is 646 g/mol. The molecule has 0 bridgehead atoms. The molecule has 0 unspecified atom stereocenters. The lowest BCUT2D eigenvalue weighted by molar-refractivity contribution is -0.139. The standard InChI is InChI=1S/C30H35BrClN3O6S/c1-6-20(2)33-30(37)21(3)34(18-22-7-9-23(31)10-8-22)29(36)19-35(25-13-11-24(32)12-14-25)42(38,39)26-15-16-27(40-4)28(17-26)41-5/h7-17,20-21H,6,18-19H2,1-5H3,(H,33,37)/t20-,21+/m1/s1. The lowest BCUT2D eigenvalue weighted by Gasteiger charge is -2.32. The Morgan fingerprint density at radius 3 is 2.14 bits per heavy atom. The smallest absolute Gasteiger partial charge is 0.264 e. The SMILES string of the molecule is CC[C@@H](C)NC(=O)[C@H](C)N(Cc1ccc(Br)cc1)C(=O)CN(c1ccc(Cl)cc1)S(=O)(=O)c1ccc(OC)c(OC)c1. The fraction of sp³-hybridized carbons (Fsp3) is 0.333. The molecule has 3 aromatic rings. The number of sulfonamides is 1. The Kier molecular flexibility index (Phi) is 11.7. The van der Waals surface area contributed by atoms with Gasteiger partial charge in [-0.25, -0.2) is 8.42 Å². The molecule has 42 heavy (non-hydrogen) atoms. The van der Waals surface area contributed by atoms with Gasteiger partial charge in [0, 0.05) is 28.1 Å². The number of methoxy groups -OCH3 is 2. The molecule has 0 saturated heterocycles. The molecule has 1 N–H and O–H groups in total. The highest BCUT2D eigenvalue weighted by Crippen LogP contribution is 2.32. The Labute approximate surface area is 260 Å². The molecule has 0 spiro atoms. The topological polar surface area (TPSA) is 105 Å². The Bertz CT molecular complexity index is 1490. The Morgan fingerprint density at radius 1 is 0.952 bits per heavy atom. The number of nitrogens with zero attached hydrogens (tertiary/aromatic N) is 2. The normalized spacial score (nSPS) is 12.6. The van der Waals surface area contributed by atoms with Gasteiger partial charge in [-0.3, -0.25) is 13.9 Å². The Balaban J connectivity index is 2.06. The molecule has 3 aromatic carbocycles. The second-order valence-corrected chi connectivity index (χ2v) is 12.9. The van der Waals surface area contributed by atoms with Crippen molar-refractivity contribution in [3.8, 4) is 11.5 Å². The van der Waals surface area contributed by atoms with Crippen molar-refractivity contribution in [2.24, 2.45) is 0 Å². The van der Waals surface area contributed by atoms with Gasteiger partial charge in [0.05, 0.1) is 24.8 Å². The average molecular weight is 681 g/mol. The Hall–Kier alpha value is -3.28. The van der Waals surface area contributed by atoms with E-state index in [1.54, 1.807) is 19.1 Å². The third-order valence-electron chi connectivity index (χ3n) is 6.77. The van der Waals surface area contributed by atoms with Gasteiger partial charge in [-0.1, -0.05) is 46.6 Å². The molecule has 0 radical (unpaired) electrons. The Morgan fingerprint density at radius 2 is 1.57 bits per heavy atom. The molecule has 0 heterocycles. The van der Waals surface area contributed by atoms with Gasteiger partial charge in [-0.2, -0.15) is 0 Å². The maximum absolute atomic E-state index is 14.1. The molecule has 0 aliphatic heterocycles. The zero-order chi connectivity index (χ0) is 31.0. The maximum atomic E-state index is 14.1. The van der Waals surface area contributed by atoms with Gasteiger partial charge in [0.1, 0.15) is 12.6 Å². The highest BCUT2D eigenvalue weighted by Gasteiger charge is 2.33. The summed E-state index contributed by atoms with van der Waals surface area (Å²) >= 11 is 9.50. The molecule has 0 aliphatic rings. The van der Waals surface area contributed by atoms with E-state index in [1.165, 1.54) is 49.5 Å². The van der Waals surface area contributed by atoms with Gasteiger partial charge in [0.15, 0.2) is 11.5 Å². The van der Waals surface area contributed by atoms with Gasteiger partial charge in [-0.05, 0) is 74.4 Å². The summed E-state index contributed by atoms with van der Waals surface area (Å²) in [4.78, 5) is 28.5.